The molecule has 5 heteroatoms. The lowest BCUT2D eigenvalue weighted by Gasteiger charge is -2.15. The van der Waals surface area contributed by atoms with E-state index in [0.717, 1.165) is 16.7 Å². The zero-order valence-electron chi connectivity index (χ0n) is 12.6. The Balaban J connectivity index is 1.78. The molecule has 118 valence electrons. The van der Waals surface area contributed by atoms with Gasteiger partial charge in [0.2, 0.25) is 0 Å². The highest BCUT2D eigenvalue weighted by molar-refractivity contribution is 7.08. The predicted molar refractivity (Wildman–Crippen MR) is 97.5 cm³/mol. The normalized spacial score (nSPS) is 14.8. The molecule has 1 aliphatic heterocycles. The minimum absolute atomic E-state index is 0.219. The Morgan fingerprint density at radius 1 is 0.750 bits per heavy atom. The third-order valence-corrected chi connectivity index (χ3v) is 5.34. The van der Waals surface area contributed by atoms with E-state index in [1.54, 1.807) is 0 Å². The quantitative estimate of drug-likeness (QED) is 0.658. The third kappa shape index (κ3) is 2.52. The number of thiophene rings is 2. The van der Waals surface area contributed by atoms with Gasteiger partial charge in [0.15, 0.2) is 0 Å². The van der Waals surface area contributed by atoms with E-state index in [2.05, 4.69) is 0 Å². The summed E-state index contributed by atoms with van der Waals surface area (Å²) < 4.78 is 0. The van der Waals surface area contributed by atoms with Gasteiger partial charge in [-0.15, -0.1) is 0 Å². The average molecular weight is 351 g/mol. The van der Waals surface area contributed by atoms with Gasteiger partial charge in [0, 0.05) is 0 Å². The van der Waals surface area contributed by atoms with Gasteiger partial charge in [0.05, 0.1) is 17.7 Å². The Morgan fingerprint density at radius 3 is 1.75 bits per heavy atom. The van der Waals surface area contributed by atoms with Crippen LogP contribution in [0.5, 0.6) is 0 Å². The first-order chi connectivity index (χ1) is 11.8. The molecular formula is C19H13NO2S2. The summed E-state index contributed by atoms with van der Waals surface area (Å²) in [6, 6.07) is 13.4. The molecule has 1 aromatic carbocycles. The second-order valence-corrected chi connectivity index (χ2v) is 7.02. The maximum Gasteiger partial charge on any atom is 0.262 e. The van der Waals surface area contributed by atoms with Crippen molar-refractivity contribution in [1.29, 1.82) is 0 Å². The van der Waals surface area contributed by atoms with Gasteiger partial charge < -0.3 is 0 Å². The first-order valence-electron chi connectivity index (χ1n) is 7.45. The summed E-state index contributed by atoms with van der Waals surface area (Å²) >= 11 is 3.04. The van der Waals surface area contributed by atoms with Crippen molar-refractivity contribution in [3.05, 3.63) is 80.7 Å². The van der Waals surface area contributed by atoms with E-state index in [4.69, 9.17) is 0 Å². The van der Waals surface area contributed by atoms with E-state index < -0.39 is 0 Å². The number of amides is 2. The number of hydrogen-bond donors (Lipinski definition) is 0. The molecule has 0 bridgehead atoms. The topological polar surface area (TPSA) is 37.4 Å². The van der Waals surface area contributed by atoms with E-state index in [1.807, 2.05) is 64.0 Å². The van der Waals surface area contributed by atoms with E-state index >= 15 is 0 Å². The smallest absolute Gasteiger partial charge is 0.262 e. The van der Waals surface area contributed by atoms with Crippen LogP contribution in [0, 0.1) is 0 Å². The zero-order valence-corrected chi connectivity index (χ0v) is 14.3. The highest BCUT2D eigenvalue weighted by Crippen LogP contribution is 2.37. The Hall–Kier alpha value is -2.50. The molecule has 0 aliphatic carbocycles. The molecule has 24 heavy (non-hydrogen) atoms. The number of nitrogens with zero attached hydrogens (tertiary/aromatic N) is 1. The first-order valence-corrected chi connectivity index (χ1v) is 9.34. The van der Waals surface area contributed by atoms with Crippen LogP contribution in [-0.4, -0.2) is 16.7 Å². The van der Waals surface area contributed by atoms with Crippen molar-refractivity contribution in [3.63, 3.8) is 0 Å². The van der Waals surface area contributed by atoms with Gasteiger partial charge in [-0.05, 0) is 50.3 Å². The minimum Gasteiger partial charge on any atom is -0.270 e. The number of carbonyl (C=O) groups excluding carboxylic acids is 2. The Bertz CT molecular complexity index is 853. The lowest BCUT2D eigenvalue weighted by Crippen LogP contribution is -2.30. The van der Waals surface area contributed by atoms with Crippen LogP contribution in [0.2, 0.25) is 0 Å². The SMILES string of the molecule is O=C1C(c2ccsc2)=C(c2ccsc2)C(=O)N1Cc1ccccc1. The first kappa shape index (κ1) is 15.1. The second-order valence-electron chi connectivity index (χ2n) is 5.46. The summed E-state index contributed by atoms with van der Waals surface area (Å²) in [6.07, 6.45) is 0. The largest absolute Gasteiger partial charge is 0.270 e. The Kier molecular flexibility index (Phi) is 3.88. The third-order valence-electron chi connectivity index (χ3n) is 3.97. The second kappa shape index (κ2) is 6.19. The summed E-state index contributed by atoms with van der Waals surface area (Å²) in [4.78, 5) is 27.3. The molecule has 3 aromatic rings. The molecule has 0 fully saturated rings. The number of rotatable bonds is 4. The maximum atomic E-state index is 13.0. The molecule has 3 nitrogen and oxygen atoms in total. The van der Waals surface area contributed by atoms with Crippen LogP contribution in [0.3, 0.4) is 0 Å². The van der Waals surface area contributed by atoms with Gasteiger partial charge in [-0.3, -0.25) is 14.5 Å². The van der Waals surface area contributed by atoms with Crippen molar-refractivity contribution in [2.75, 3.05) is 0 Å². The highest BCUT2D eigenvalue weighted by Gasteiger charge is 2.39. The number of carbonyl (C=O) groups is 2. The highest BCUT2D eigenvalue weighted by atomic mass is 32.1. The number of benzene rings is 1. The van der Waals surface area contributed by atoms with Crippen molar-refractivity contribution >= 4 is 45.6 Å². The van der Waals surface area contributed by atoms with Crippen LogP contribution in [-0.2, 0) is 16.1 Å². The van der Waals surface area contributed by atoms with Crippen LogP contribution in [0.1, 0.15) is 16.7 Å². The molecule has 1 aliphatic rings. The number of hydrogen-bond acceptors (Lipinski definition) is 4. The van der Waals surface area contributed by atoms with Gasteiger partial charge >= 0.3 is 0 Å². The lowest BCUT2D eigenvalue weighted by atomic mass is 10.0. The molecular weight excluding hydrogens is 338 g/mol. The van der Waals surface area contributed by atoms with Gasteiger partial charge in [-0.1, -0.05) is 30.3 Å². The van der Waals surface area contributed by atoms with Gasteiger partial charge in [-0.2, -0.15) is 22.7 Å². The van der Waals surface area contributed by atoms with Crippen molar-refractivity contribution in [3.8, 4) is 0 Å². The fourth-order valence-corrected chi connectivity index (χ4v) is 4.13. The van der Waals surface area contributed by atoms with Crippen LogP contribution in [0.15, 0.2) is 64.0 Å². The van der Waals surface area contributed by atoms with Crippen molar-refractivity contribution in [1.82, 2.24) is 4.90 Å². The van der Waals surface area contributed by atoms with Crippen molar-refractivity contribution in [2.24, 2.45) is 0 Å². The van der Waals surface area contributed by atoms with Gasteiger partial charge in [0.25, 0.3) is 11.8 Å². The van der Waals surface area contributed by atoms with Gasteiger partial charge in [0.1, 0.15) is 0 Å². The monoisotopic (exact) mass is 351 g/mol. The van der Waals surface area contributed by atoms with Crippen molar-refractivity contribution in [2.45, 2.75) is 6.54 Å². The molecule has 0 saturated heterocycles. The number of imide groups is 1. The van der Waals surface area contributed by atoms with E-state index in [1.165, 1.54) is 27.6 Å². The summed E-state index contributed by atoms with van der Waals surface area (Å²) in [5, 5.41) is 7.67. The summed E-state index contributed by atoms with van der Waals surface area (Å²) in [6.45, 7) is 0.291. The molecule has 2 amide bonds. The maximum absolute atomic E-state index is 13.0. The summed E-state index contributed by atoms with van der Waals surface area (Å²) in [5.74, 6) is -0.438. The van der Waals surface area contributed by atoms with Crippen LogP contribution < -0.4 is 0 Å². The Labute approximate surface area is 147 Å². The molecule has 0 spiro atoms. The van der Waals surface area contributed by atoms with Crippen LogP contribution in [0.25, 0.3) is 11.1 Å². The molecule has 0 saturated carbocycles. The van der Waals surface area contributed by atoms with Crippen molar-refractivity contribution < 1.29 is 9.59 Å². The molecule has 3 heterocycles. The van der Waals surface area contributed by atoms with E-state index in [9.17, 15) is 9.59 Å². The fourth-order valence-electron chi connectivity index (χ4n) is 2.83. The molecule has 0 N–H and O–H groups in total. The molecule has 0 atom stereocenters. The van der Waals surface area contributed by atoms with E-state index in [0.29, 0.717) is 17.7 Å². The zero-order chi connectivity index (χ0) is 16.5. The van der Waals surface area contributed by atoms with Crippen LogP contribution >= 0.6 is 22.7 Å². The minimum atomic E-state index is -0.219. The van der Waals surface area contributed by atoms with Gasteiger partial charge in [-0.25, -0.2) is 0 Å². The summed E-state index contributed by atoms with van der Waals surface area (Å²) in [5.41, 5.74) is 3.59. The molecule has 2 aromatic heterocycles. The Morgan fingerprint density at radius 2 is 1.29 bits per heavy atom. The molecule has 0 unspecified atom stereocenters. The fraction of sp³-hybridized carbons (Fsp3) is 0.0526. The molecule has 4 rings (SSSR count). The van der Waals surface area contributed by atoms with E-state index in [-0.39, 0.29) is 11.8 Å². The molecule has 0 radical (unpaired) electrons. The lowest BCUT2D eigenvalue weighted by molar-refractivity contribution is -0.136. The summed E-state index contributed by atoms with van der Waals surface area (Å²) in [7, 11) is 0. The van der Waals surface area contributed by atoms with Crippen LogP contribution in [0.4, 0.5) is 0 Å². The predicted octanol–water partition coefficient (Wildman–Crippen LogP) is 4.29. The average Bonchev–Trinajstić information content (AvgIpc) is 3.33. The standard InChI is InChI=1S/C19H13NO2S2/c21-18-16(14-6-8-23-11-14)17(15-7-9-24-12-15)19(22)20(18)10-13-4-2-1-3-5-13/h1-9,11-12H,10H2.